The van der Waals surface area contributed by atoms with Gasteiger partial charge in [0.25, 0.3) is 0 Å². The number of carboxylic acid groups (broad SMARTS) is 2. The highest BCUT2D eigenvalue weighted by Gasteiger charge is 2.65. The predicted molar refractivity (Wildman–Crippen MR) is 123 cm³/mol. The molecule has 158 valence electrons. The van der Waals surface area contributed by atoms with Gasteiger partial charge in [-0.05, 0) is 22.3 Å². The van der Waals surface area contributed by atoms with Crippen molar-refractivity contribution < 1.29 is 19.8 Å². The van der Waals surface area contributed by atoms with Gasteiger partial charge in [0.1, 0.15) is 10.8 Å². The van der Waals surface area contributed by atoms with Crippen LogP contribution >= 0.6 is 0 Å². The largest absolute Gasteiger partial charge is 0.480 e. The Morgan fingerprint density at radius 2 is 0.594 bits per heavy atom. The van der Waals surface area contributed by atoms with Gasteiger partial charge in [-0.15, -0.1) is 0 Å². The Labute approximate surface area is 186 Å². The van der Waals surface area contributed by atoms with E-state index in [2.05, 4.69) is 0 Å². The highest BCUT2D eigenvalue weighted by molar-refractivity contribution is 6.01. The van der Waals surface area contributed by atoms with E-state index in [0.717, 1.165) is 0 Å². The van der Waals surface area contributed by atoms with E-state index >= 15 is 0 Å². The molecular formula is C28H22O4. The molecule has 0 aromatic heterocycles. The smallest absolute Gasteiger partial charge is 0.320 e. The van der Waals surface area contributed by atoms with Crippen molar-refractivity contribution in [3.8, 4) is 0 Å². The molecule has 0 unspecified atom stereocenters. The minimum atomic E-state index is -1.95. The molecule has 0 aliphatic carbocycles. The molecule has 0 aliphatic rings. The Morgan fingerprint density at radius 1 is 0.406 bits per heavy atom. The van der Waals surface area contributed by atoms with Crippen molar-refractivity contribution in [2.75, 3.05) is 0 Å². The van der Waals surface area contributed by atoms with Gasteiger partial charge >= 0.3 is 11.9 Å². The van der Waals surface area contributed by atoms with Crippen LogP contribution in [0.2, 0.25) is 0 Å². The highest BCUT2D eigenvalue weighted by atomic mass is 16.4. The lowest BCUT2D eigenvalue weighted by atomic mass is 9.51. The summed E-state index contributed by atoms with van der Waals surface area (Å²) in [5, 5.41) is 21.9. The molecule has 32 heavy (non-hydrogen) atoms. The molecule has 0 radical (unpaired) electrons. The molecule has 2 N–H and O–H groups in total. The first-order valence-corrected chi connectivity index (χ1v) is 10.2. The van der Waals surface area contributed by atoms with E-state index < -0.39 is 22.8 Å². The fraction of sp³-hybridized carbons (Fsp3) is 0.0714. The van der Waals surface area contributed by atoms with E-state index in [1.807, 2.05) is 0 Å². The second-order valence-corrected chi connectivity index (χ2v) is 7.57. The molecule has 0 bridgehead atoms. The second-order valence-electron chi connectivity index (χ2n) is 7.57. The number of aliphatic carboxylic acids is 2. The molecule has 0 spiro atoms. The van der Waals surface area contributed by atoms with Crippen molar-refractivity contribution in [3.63, 3.8) is 0 Å². The monoisotopic (exact) mass is 422 g/mol. The predicted octanol–water partition coefficient (Wildman–Crippen LogP) is 5.13. The third-order valence-electron chi connectivity index (χ3n) is 6.03. The first kappa shape index (κ1) is 21.1. The van der Waals surface area contributed by atoms with Crippen LogP contribution in [0.25, 0.3) is 0 Å². The van der Waals surface area contributed by atoms with Crippen LogP contribution in [-0.2, 0) is 20.4 Å². The molecule has 0 fully saturated rings. The summed E-state index contributed by atoms with van der Waals surface area (Å²) in [7, 11) is 0. The molecule has 4 heteroatoms. The molecular weight excluding hydrogens is 400 g/mol. The summed E-state index contributed by atoms with van der Waals surface area (Å²) in [5.74, 6) is -2.49. The topological polar surface area (TPSA) is 74.6 Å². The van der Waals surface area contributed by atoms with Gasteiger partial charge in [0.05, 0.1) is 0 Å². The van der Waals surface area contributed by atoms with Gasteiger partial charge in [-0.2, -0.15) is 0 Å². The highest BCUT2D eigenvalue weighted by Crippen LogP contribution is 2.53. The molecule has 0 amide bonds. The van der Waals surface area contributed by atoms with E-state index in [-0.39, 0.29) is 0 Å². The number of hydrogen-bond acceptors (Lipinski definition) is 2. The quantitative estimate of drug-likeness (QED) is 0.433. The summed E-state index contributed by atoms with van der Waals surface area (Å²) in [6, 6.07) is 34.5. The van der Waals surface area contributed by atoms with E-state index in [1.54, 1.807) is 121 Å². The van der Waals surface area contributed by atoms with Crippen LogP contribution in [-0.4, -0.2) is 22.2 Å². The lowest BCUT2D eigenvalue weighted by molar-refractivity contribution is -0.155. The Hall–Kier alpha value is -4.18. The van der Waals surface area contributed by atoms with Crippen molar-refractivity contribution >= 4 is 11.9 Å². The van der Waals surface area contributed by atoms with Crippen molar-refractivity contribution in [3.05, 3.63) is 144 Å². The summed E-state index contributed by atoms with van der Waals surface area (Å²) in [6.07, 6.45) is 0. The zero-order chi connectivity index (χ0) is 22.6. The number of carbonyl (C=O) groups is 2. The van der Waals surface area contributed by atoms with Crippen molar-refractivity contribution in [1.29, 1.82) is 0 Å². The first-order valence-electron chi connectivity index (χ1n) is 10.2. The van der Waals surface area contributed by atoms with E-state index in [1.165, 1.54) is 0 Å². The molecule has 0 saturated carbocycles. The van der Waals surface area contributed by atoms with Gasteiger partial charge in [0, 0.05) is 0 Å². The molecule has 4 aromatic carbocycles. The Bertz CT molecular complexity index is 1030. The van der Waals surface area contributed by atoms with Crippen molar-refractivity contribution in [1.82, 2.24) is 0 Å². The molecule has 4 aromatic rings. The molecule has 4 nitrogen and oxygen atoms in total. The van der Waals surface area contributed by atoms with Crippen LogP contribution in [0.1, 0.15) is 22.3 Å². The zero-order valence-electron chi connectivity index (χ0n) is 17.3. The van der Waals surface area contributed by atoms with Crippen LogP contribution in [0.3, 0.4) is 0 Å². The average molecular weight is 422 g/mol. The van der Waals surface area contributed by atoms with E-state index in [4.69, 9.17) is 0 Å². The number of rotatable bonds is 7. The SMILES string of the molecule is O=C(O)C(c1ccccc1)(c1ccccc1)C(C(=O)O)(c1ccccc1)c1ccccc1. The Kier molecular flexibility index (Phi) is 5.61. The van der Waals surface area contributed by atoms with Gasteiger partial charge in [-0.3, -0.25) is 9.59 Å². The average Bonchev–Trinajstić information content (AvgIpc) is 2.84. The van der Waals surface area contributed by atoms with Gasteiger partial charge in [0.15, 0.2) is 0 Å². The number of hydrogen-bond donors (Lipinski definition) is 2. The molecule has 0 heterocycles. The lowest BCUT2D eigenvalue weighted by Gasteiger charge is -2.46. The van der Waals surface area contributed by atoms with Gasteiger partial charge in [0.2, 0.25) is 0 Å². The van der Waals surface area contributed by atoms with E-state index in [9.17, 15) is 19.8 Å². The minimum absolute atomic E-state index is 0.383. The van der Waals surface area contributed by atoms with Crippen molar-refractivity contribution in [2.45, 2.75) is 10.8 Å². The summed E-state index contributed by atoms with van der Waals surface area (Å²) in [5.41, 5.74) is -2.38. The summed E-state index contributed by atoms with van der Waals surface area (Å²) in [4.78, 5) is 26.9. The Balaban J connectivity index is 2.29. The van der Waals surface area contributed by atoms with Crippen LogP contribution in [0.4, 0.5) is 0 Å². The van der Waals surface area contributed by atoms with Crippen molar-refractivity contribution in [2.24, 2.45) is 0 Å². The standard InChI is InChI=1S/C28H22O4/c29-25(30)27(21-13-5-1-6-14-21,22-15-7-2-8-16-22)28(26(31)32,23-17-9-3-10-18-23)24-19-11-4-12-20-24/h1-20H,(H,29,30)(H,31,32). The normalized spacial score (nSPS) is 11.6. The first-order chi connectivity index (χ1) is 15.6. The fourth-order valence-electron chi connectivity index (χ4n) is 4.77. The number of carboxylic acids is 2. The maximum atomic E-state index is 13.5. The summed E-state index contributed by atoms with van der Waals surface area (Å²) in [6.45, 7) is 0. The maximum absolute atomic E-state index is 13.5. The number of benzene rings is 4. The molecule has 0 atom stereocenters. The van der Waals surface area contributed by atoms with E-state index in [0.29, 0.717) is 22.3 Å². The third-order valence-corrected chi connectivity index (χ3v) is 6.03. The fourth-order valence-corrected chi connectivity index (χ4v) is 4.77. The Morgan fingerprint density at radius 3 is 0.750 bits per heavy atom. The minimum Gasteiger partial charge on any atom is -0.480 e. The second kappa shape index (κ2) is 8.52. The van der Waals surface area contributed by atoms with Crippen LogP contribution < -0.4 is 0 Å². The van der Waals surface area contributed by atoms with Crippen LogP contribution in [0.5, 0.6) is 0 Å². The van der Waals surface area contributed by atoms with Crippen LogP contribution in [0.15, 0.2) is 121 Å². The molecule has 0 aliphatic heterocycles. The molecule has 4 rings (SSSR count). The van der Waals surface area contributed by atoms with Crippen LogP contribution in [0, 0.1) is 0 Å². The van der Waals surface area contributed by atoms with Gasteiger partial charge in [-0.1, -0.05) is 121 Å². The zero-order valence-corrected chi connectivity index (χ0v) is 17.3. The third kappa shape index (κ3) is 3.00. The van der Waals surface area contributed by atoms with Gasteiger partial charge in [-0.25, -0.2) is 0 Å². The maximum Gasteiger partial charge on any atom is 0.320 e. The summed E-state index contributed by atoms with van der Waals surface area (Å²) >= 11 is 0. The lowest BCUT2D eigenvalue weighted by Crippen LogP contribution is -2.60. The van der Waals surface area contributed by atoms with Gasteiger partial charge < -0.3 is 10.2 Å². The molecule has 0 saturated heterocycles. The summed E-state index contributed by atoms with van der Waals surface area (Å²) < 4.78 is 0.